The van der Waals surface area contributed by atoms with Crippen molar-refractivity contribution in [3.05, 3.63) is 64.7 Å². The average Bonchev–Trinajstić information content (AvgIpc) is 3.37. The predicted molar refractivity (Wildman–Crippen MR) is 180 cm³/mol. The van der Waals surface area contributed by atoms with E-state index in [0.29, 0.717) is 16.8 Å². The molecule has 1 aliphatic heterocycles. The quantitative estimate of drug-likeness (QED) is 0.274. The summed E-state index contributed by atoms with van der Waals surface area (Å²) in [5.41, 5.74) is 3.08. The summed E-state index contributed by atoms with van der Waals surface area (Å²) in [5, 5.41) is 2.24. The lowest BCUT2D eigenvalue weighted by atomic mass is 9.79. The number of rotatable bonds is 5. The highest BCUT2D eigenvalue weighted by molar-refractivity contribution is 7.85. The van der Waals surface area contributed by atoms with E-state index in [0.717, 1.165) is 44.4 Å². The zero-order chi connectivity index (χ0) is 32.3. The minimum atomic E-state index is -3.50. The third-order valence-corrected chi connectivity index (χ3v) is 11.2. The van der Waals surface area contributed by atoms with Gasteiger partial charge in [-0.3, -0.25) is 0 Å². The molecule has 0 saturated carbocycles. The molecule has 0 bridgehead atoms. The topological polar surface area (TPSA) is 54.0 Å². The standard InChI is InChI=1S/C37H51O5P/c1-34(2,3)26-17-24(18-27(32(26)39-13)35(4,5)6)43(38,23-15-16-30-31(21-23)42-22-41-30)25-19-28(36(7,8)9)33(40-14)29(20-25)37(10,11)12/h15-21H,22H2,1-14H3. The van der Waals surface area contributed by atoms with Crippen LogP contribution in [0.2, 0.25) is 0 Å². The summed E-state index contributed by atoms with van der Waals surface area (Å²) >= 11 is 0. The lowest BCUT2D eigenvalue weighted by Gasteiger charge is -2.33. The summed E-state index contributed by atoms with van der Waals surface area (Å²) in [6, 6.07) is 14.1. The van der Waals surface area contributed by atoms with Crippen LogP contribution >= 0.6 is 7.14 Å². The van der Waals surface area contributed by atoms with Crippen molar-refractivity contribution in [3.63, 3.8) is 0 Å². The van der Waals surface area contributed by atoms with Crippen LogP contribution in [-0.2, 0) is 26.2 Å². The normalized spacial score (nSPS) is 14.2. The first kappa shape index (κ1) is 33.0. The fourth-order valence-corrected chi connectivity index (χ4v) is 8.51. The van der Waals surface area contributed by atoms with Crippen molar-refractivity contribution in [1.82, 2.24) is 0 Å². The molecule has 0 N–H and O–H groups in total. The second-order valence-electron chi connectivity index (χ2n) is 15.8. The van der Waals surface area contributed by atoms with Crippen molar-refractivity contribution < 1.29 is 23.5 Å². The maximum atomic E-state index is 16.4. The molecular weight excluding hydrogens is 555 g/mol. The number of benzene rings is 3. The molecule has 0 unspecified atom stereocenters. The Morgan fingerprint density at radius 1 is 0.535 bits per heavy atom. The monoisotopic (exact) mass is 606 g/mol. The summed E-state index contributed by atoms with van der Waals surface area (Å²) in [7, 11) is -0.0463. The first-order chi connectivity index (χ1) is 19.6. The molecule has 0 aliphatic carbocycles. The molecule has 234 valence electrons. The van der Waals surface area contributed by atoms with E-state index in [1.807, 2.05) is 18.2 Å². The van der Waals surface area contributed by atoms with Gasteiger partial charge in [0.25, 0.3) is 0 Å². The maximum Gasteiger partial charge on any atom is 0.231 e. The summed E-state index contributed by atoms with van der Waals surface area (Å²) < 4.78 is 40.0. The highest BCUT2D eigenvalue weighted by Gasteiger charge is 2.39. The summed E-state index contributed by atoms with van der Waals surface area (Å²) in [4.78, 5) is 0. The van der Waals surface area contributed by atoms with Gasteiger partial charge in [-0.25, -0.2) is 0 Å². The molecule has 0 amide bonds. The largest absolute Gasteiger partial charge is 0.496 e. The molecule has 43 heavy (non-hydrogen) atoms. The second kappa shape index (κ2) is 10.9. The van der Waals surface area contributed by atoms with Crippen molar-refractivity contribution in [1.29, 1.82) is 0 Å². The highest BCUT2D eigenvalue weighted by Crippen LogP contribution is 2.51. The van der Waals surface area contributed by atoms with Crippen LogP contribution in [0.4, 0.5) is 0 Å². The Labute approximate surface area is 259 Å². The Kier molecular flexibility index (Phi) is 8.37. The molecular formula is C37H51O5P. The van der Waals surface area contributed by atoms with Gasteiger partial charge in [-0.15, -0.1) is 0 Å². The molecule has 0 fully saturated rings. The van der Waals surface area contributed by atoms with Crippen LogP contribution in [0.25, 0.3) is 0 Å². The van der Waals surface area contributed by atoms with Crippen LogP contribution in [0.3, 0.4) is 0 Å². The lowest BCUT2D eigenvalue weighted by Crippen LogP contribution is -2.31. The molecule has 1 heterocycles. The van der Waals surface area contributed by atoms with Gasteiger partial charge in [0.15, 0.2) is 18.6 Å². The molecule has 3 aromatic carbocycles. The minimum Gasteiger partial charge on any atom is -0.496 e. The van der Waals surface area contributed by atoms with Gasteiger partial charge in [0.1, 0.15) is 11.5 Å². The molecule has 5 nitrogen and oxygen atoms in total. The van der Waals surface area contributed by atoms with E-state index < -0.39 is 7.14 Å². The molecule has 0 spiro atoms. The van der Waals surface area contributed by atoms with Gasteiger partial charge in [-0.05, 0) is 64.1 Å². The smallest absolute Gasteiger partial charge is 0.231 e. The zero-order valence-corrected chi connectivity index (χ0v) is 29.6. The first-order valence-corrected chi connectivity index (χ1v) is 16.8. The van der Waals surface area contributed by atoms with Gasteiger partial charge in [-0.1, -0.05) is 83.1 Å². The maximum absolute atomic E-state index is 16.4. The van der Waals surface area contributed by atoms with E-state index in [1.54, 1.807) is 14.2 Å². The molecule has 4 rings (SSSR count). The van der Waals surface area contributed by atoms with E-state index >= 15 is 4.57 Å². The minimum absolute atomic E-state index is 0.152. The molecule has 0 atom stereocenters. The van der Waals surface area contributed by atoms with Gasteiger partial charge < -0.3 is 23.5 Å². The van der Waals surface area contributed by atoms with Crippen LogP contribution in [-0.4, -0.2) is 21.0 Å². The van der Waals surface area contributed by atoms with Crippen molar-refractivity contribution >= 4 is 23.1 Å². The highest BCUT2D eigenvalue weighted by atomic mass is 31.2. The lowest BCUT2D eigenvalue weighted by molar-refractivity contribution is 0.174. The summed E-state index contributed by atoms with van der Waals surface area (Å²) in [6.07, 6.45) is 0. The van der Waals surface area contributed by atoms with Gasteiger partial charge >= 0.3 is 0 Å². The first-order valence-electron chi connectivity index (χ1n) is 15.1. The number of ether oxygens (including phenoxy) is 4. The van der Waals surface area contributed by atoms with Gasteiger partial charge in [0, 0.05) is 38.2 Å². The van der Waals surface area contributed by atoms with Crippen molar-refractivity contribution in [2.24, 2.45) is 0 Å². The van der Waals surface area contributed by atoms with E-state index in [2.05, 4.69) is 107 Å². The Balaban J connectivity index is 2.24. The fourth-order valence-electron chi connectivity index (χ4n) is 5.79. The molecule has 1 aliphatic rings. The number of methoxy groups -OCH3 is 2. The average molecular weight is 607 g/mol. The molecule has 0 radical (unpaired) electrons. The van der Waals surface area contributed by atoms with E-state index in [4.69, 9.17) is 18.9 Å². The number of hydrogen-bond acceptors (Lipinski definition) is 5. The van der Waals surface area contributed by atoms with E-state index in [9.17, 15) is 0 Å². The molecule has 0 aromatic heterocycles. The number of hydrogen-bond donors (Lipinski definition) is 0. The van der Waals surface area contributed by atoms with Gasteiger partial charge in [-0.2, -0.15) is 0 Å². The Morgan fingerprint density at radius 3 is 1.21 bits per heavy atom. The van der Waals surface area contributed by atoms with Gasteiger partial charge in [0.05, 0.1) is 14.2 Å². The van der Waals surface area contributed by atoms with Gasteiger partial charge in [0.2, 0.25) is 6.79 Å². The summed E-state index contributed by atoms with van der Waals surface area (Å²) in [5.74, 6) is 2.97. The van der Waals surface area contributed by atoms with E-state index in [-0.39, 0.29) is 28.5 Å². The predicted octanol–water partition coefficient (Wildman–Crippen LogP) is 8.26. The third-order valence-electron chi connectivity index (χ3n) is 8.23. The number of fused-ring (bicyclic) bond motifs is 1. The van der Waals surface area contributed by atoms with Crippen molar-refractivity contribution in [3.8, 4) is 23.0 Å². The molecule has 3 aromatic rings. The third kappa shape index (κ3) is 6.07. The zero-order valence-electron chi connectivity index (χ0n) is 28.7. The second-order valence-corrected chi connectivity index (χ2v) is 18.6. The summed E-state index contributed by atoms with van der Waals surface area (Å²) in [6.45, 7) is 26.3. The Bertz CT molecular complexity index is 1410. The van der Waals surface area contributed by atoms with Crippen molar-refractivity contribution in [2.75, 3.05) is 21.0 Å². The Hall–Kier alpha value is -2.91. The SMILES string of the molecule is COc1c(C(C)(C)C)cc(P(=O)(c2ccc3c(c2)OCO3)c2cc(C(C)(C)C)c(OC)c(C(C)(C)C)c2)cc1C(C)(C)C. The van der Waals surface area contributed by atoms with Crippen LogP contribution in [0.5, 0.6) is 23.0 Å². The van der Waals surface area contributed by atoms with Crippen LogP contribution in [0.15, 0.2) is 42.5 Å². The molecule has 6 heteroatoms. The van der Waals surface area contributed by atoms with Crippen LogP contribution in [0, 0.1) is 0 Å². The fraction of sp³-hybridized carbons (Fsp3) is 0.514. The van der Waals surface area contributed by atoms with Crippen molar-refractivity contribution in [2.45, 2.75) is 105 Å². The van der Waals surface area contributed by atoms with Crippen LogP contribution in [0.1, 0.15) is 105 Å². The van der Waals surface area contributed by atoms with Crippen LogP contribution < -0.4 is 34.9 Å². The Morgan fingerprint density at radius 2 is 0.884 bits per heavy atom. The molecule has 0 saturated heterocycles. The van der Waals surface area contributed by atoms with E-state index in [1.165, 1.54) is 0 Å².